The number of β-amino-alcohol motifs (C(OH)–C–C–N with tert-alkyl or cyclic N) is 1. The van der Waals surface area contributed by atoms with Gasteiger partial charge in [0.15, 0.2) is 6.67 Å². The van der Waals surface area contributed by atoms with Crippen molar-refractivity contribution in [1.29, 1.82) is 0 Å². The van der Waals surface area contributed by atoms with E-state index < -0.39 is 17.7 Å². The number of carboxylic acids is 1. The zero-order valence-electron chi connectivity index (χ0n) is 26.9. The third-order valence-electron chi connectivity index (χ3n) is 9.85. The molecule has 250 valence electrons. The highest BCUT2D eigenvalue weighted by Crippen LogP contribution is 2.25. The Morgan fingerprint density at radius 1 is 1.28 bits per heavy atom. The van der Waals surface area contributed by atoms with Crippen molar-refractivity contribution >= 4 is 12.2 Å². The molecule has 3 heterocycles. The van der Waals surface area contributed by atoms with Crippen LogP contribution in [0.4, 0.5) is 0 Å². The number of aliphatic carboxylic acids is 1. The summed E-state index contributed by atoms with van der Waals surface area (Å²) in [6.07, 6.45) is 10.5. The molecule has 0 aromatic carbocycles. The molecule has 10 atom stereocenters. The third kappa shape index (κ3) is 12.6. The van der Waals surface area contributed by atoms with Crippen LogP contribution < -0.4 is 31.9 Å². The minimum Gasteiger partial charge on any atom is -0.481 e. The van der Waals surface area contributed by atoms with Crippen LogP contribution in [-0.4, -0.2) is 119 Å². The number of carbonyl (C=O) groups is 1. The minimum absolute atomic E-state index is 0.0525. The van der Waals surface area contributed by atoms with Gasteiger partial charge in [-0.1, -0.05) is 32.1 Å². The SMILES string of the molecule is C[C@H](O)CN[C@H](CCCCCCC[C@](O)(CN[C@]1(C)CCN[C@H](N)C1)CC(=O)O)C[C@H]1N[C@@H](C)[C@H](O)C[C@@H]1[NH+]1CC=NC1. The van der Waals surface area contributed by atoms with E-state index in [9.17, 15) is 25.2 Å². The maximum Gasteiger partial charge on any atom is 0.306 e. The van der Waals surface area contributed by atoms with E-state index in [0.717, 1.165) is 84.0 Å². The van der Waals surface area contributed by atoms with E-state index in [4.69, 9.17) is 5.73 Å². The Kier molecular flexibility index (Phi) is 14.7. The number of piperidine rings is 2. The van der Waals surface area contributed by atoms with Gasteiger partial charge in [-0.15, -0.1) is 0 Å². The topological polar surface area (TPSA) is 189 Å². The molecule has 0 amide bonds. The molecule has 0 aliphatic carbocycles. The van der Waals surface area contributed by atoms with Gasteiger partial charge in [-0.25, -0.2) is 4.99 Å². The zero-order valence-corrected chi connectivity index (χ0v) is 26.9. The van der Waals surface area contributed by atoms with E-state index in [1.54, 1.807) is 6.92 Å². The molecule has 43 heavy (non-hydrogen) atoms. The summed E-state index contributed by atoms with van der Waals surface area (Å²) in [7, 11) is 0. The lowest BCUT2D eigenvalue weighted by molar-refractivity contribution is -0.914. The molecule has 2 saturated heterocycles. The molecule has 0 spiro atoms. The van der Waals surface area contributed by atoms with Gasteiger partial charge in [-0.2, -0.15) is 0 Å². The monoisotopic (exact) mass is 612 g/mol. The Bertz CT molecular complexity index is 858. The summed E-state index contributed by atoms with van der Waals surface area (Å²) >= 11 is 0. The molecular formula is C31H62N7O5+. The van der Waals surface area contributed by atoms with Gasteiger partial charge in [-0.3, -0.25) is 4.79 Å². The number of hydrogen-bond donors (Lipinski definition) is 10. The molecule has 0 bridgehead atoms. The fourth-order valence-electron chi connectivity index (χ4n) is 7.15. The summed E-state index contributed by atoms with van der Waals surface area (Å²) in [5.74, 6) is -0.982. The van der Waals surface area contributed by atoms with Crippen molar-refractivity contribution in [2.45, 2.75) is 152 Å². The number of rotatable bonds is 19. The smallest absolute Gasteiger partial charge is 0.306 e. The van der Waals surface area contributed by atoms with E-state index in [2.05, 4.69) is 40.1 Å². The van der Waals surface area contributed by atoms with Crippen molar-refractivity contribution < 1.29 is 30.1 Å². The molecule has 3 rings (SSSR count). The molecule has 0 aromatic heterocycles. The first-order chi connectivity index (χ1) is 20.4. The average Bonchev–Trinajstić information content (AvgIpc) is 3.46. The summed E-state index contributed by atoms with van der Waals surface area (Å²) in [4.78, 5) is 17.4. The van der Waals surface area contributed by atoms with Crippen molar-refractivity contribution in [3.63, 3.8) is 0 Å². The molecule has 3 aliphatic rings. The second-order valence-corrected chi connectivity index (χ2v) is 14.1. The van der Waals surface area contributed by atoms with Gasteiger partial charge in [0, 0.05) is 37.1 Å². The van der Waals surface area contributed by atoms with Crippen LogP contribution in [0.3, 0.4) is 0 Å². The number of carboxylic acid groups (broad SMARTS) is 1. The van der Waals surface area contributed by atoms with E-state index >= 15 is 0 Å². The van der Waals surface area contributed by atoms with Gasteiger partial charge in [0.1, 0.15) is 12.6 Å². The van der Waals surface area contributed by atoms with Crippen molar-refractivity contribution in [1.82, 2.24) is 21.3 Å². The van der Waals surface area contributed by atoms with Crippen molar-refractivity contribution in [3.05, 3.63) is 0 Å². The number of nitrogens with zero attached hydrogens (tertiary/aromatic N) is 1. The number of unbranched alkanes of at least 4 members (excludes halogenated alkanes) is 4. The van der Waals surface area contributed by atoms with E-state index in [1.165, 1.54) is 4.90 Å². The summed E-state index contributed by atoms with van der Waals surface area (Å²) < 4.78 is 0. The fourth-order valence-corrected chi connectivity index (χ4v) is 7.15. The number of nitrogens with one attached hydrogen (secondary N) is 5. The maximum atomic E-state index is 11.5. The van der Waals surface area contributed by atoms with Crippen molar-refractivity contribution in [2.75, 3.05) is 32.8 Å². The highest BCUT2D eigenvalue weighted by Gasteiger charge is 2.41. The van der Waals surface area contributed by atoms with Crippen LogP contribution in [0.2, 0.25) is 0 Å². The standard InChI is InChI=1S/C31H61N7O5/c1-22(39)19-35-24(15-25-26(38-14-13-33-21-38)16-27(40)23(2)37-25)9-7-5-4-6-8-10-31(43,18-29(41)42)20-36-30(3)11-12-34-28(32)17-30/h13,22-28,34-37,39-40,43H,4-12,14-21,32H2,1-3H3,(H,41,42)/p+1/t22-,23-,24+,25+,26-,27+,28-,30+,31+/m0/s1. The van der Waals surface area contributed by atoms with Gasteiger partial charge >= 0.3 is 5.97 Å². The lowest BCUT2D eigenvalue weighted by Gasteiger charge is -2.42. The van der Waals surface area contributed by atoms with Crippen LogP contribution >= 0.6 is 0 Å². The number of nitrogens with two attached hydrogens (primary N) is 1. The molecule has 0 aromatic rings. The Labute approximate surface area is 258 Å². The molecule has 12 heteroatoms. The van der Waals surface area contributed by atoms with Crippen LogP contribution in [0, 0.1) is 0 Å². The minimum atomic E-state index is -1.28. The molecule has 2 fully saturated rings. The number of quaternary nitrogens is 1. The molecule has 0 radical (unpaired) electrons. The normalized spacial score (nSPS) is 34.1. The lowest BCUT2D eigenvalue weighted by Crippen LogP contribution is -3.16. The maximum absolute atomic E-state index is 11.5. The first kappa shape index (κ1) is 36.3. The van der Waals surface area contributed by atoms with Crippen LogP contribution in [0.5, 0.6) is 0 Å². The van der Waals surface area contributed by atoms with E-state index in [1.807, 2.05) is 6.21 Å². The second-order valence-electron chi connectivity index (χ2n) is 14.1. The highest BCUT2D eigenvalue weighted by molar-refractivity contribution is 5.68. The van der Waals surface area contributed by atoms with E-state index in [0.29, 0.717) is 19.0 Å². The summed E-state index contributed by atoms with van der Waals surface area (Å²) in [6, 6.07) is 0.885. The quantitative estimate of drug-likeness (QED) is 0.0817. The van der Waals surface area contributed by atoms with Crippen molar-refractivity contribution in [2.24, 2.45) is 10.7 Å². The van der Waals surface area contributed by atoms with Crippen LogP contribution in [0.15, 0.2) is 4.99 Å². The molecule has 1 unspecified atom stereocenters. The Hall–Kier alpha value is -1.22. The number of aliphatic imine (C=N–C) groups is 1. The van der Waals surface area contributed by atoms with Crippen LogP contribution in [0.1, 0.15) is 97.8 Å². The van der Waals surface area contributed by atoms with Crippen LogP contribution in [-0.2, 0) is 4.79 Å². The van der Waals surface area contributed by atoms with Gasteiger partial charge in [0.25, 0.3) is 0 Å². The average molecular weight is 613 g/mol. The van der Waals surface area contributed by atoms with Crippen molar-refractivity contribution in [3.8, 4) is 0 Å². The molecule has 11 N–H and O–H groups in total. The summed E-state index contributed by atoms with van der Waals surface area (Å²) in [6.45, 7) is 9.21. The van der Waals surface area contributed by atoms with E-state index in [-0.39, 0.29) is 48.9 Å². The van der Waals surface area contributed by atoms with Gasteiger partial charge < -0.3 is 52.3 Å². The molecule has 3 aliphatic heterocycles. The zero-order chi connectivity index (χ0) is 31.5. The third-order valence-corrected chi connectivity index (χ3v) is 9.85. The predicted molar refractivity (Wildman–Crippen MR) is 169 cm³/mol. The molecule has 0 saturated carbocycles. The number of aliphatic hydroxyl groups is 3. The fraction of sp³-hybridized carbons (Fsp3) is 0.935. The van der Waals surface area contributed by atoms with Gasteiger partial charge in [0.05, 0.1) is 42.7 Å². The Morgan fingerprint density at radius 3 is 2.70 bits per heavy atom. The van der Waals surface area contributed by atoms with Crippen LogP contribution in [0.25, 0.3) is 0 Å². The second kappa shape index (κ2) is 17.5. The summed E-state index contributed by atoms with van der Waals surface area (Å²) in [5.41, 5.74) is 4.57. The lowest BCUT2D eigenvalue weighted by atomic mass is 9.86. The highest BCUT2D eigenvalue weighted by atomic mass is 16.4. The first-order valence-electron chi connectivity index (χ1n) is 16.7. The number of aliphatic hydroxyl groups excluding tert-OH is 2. The first-order valence-corrected chi connectivity index (χ1v) is 16.7. The Morgan fingerprint density at radius 2 is 2.02 bits per heavy atom. The Balaban J connectivity index is 1.43. The predicted octanol–water partition coefficient (Wildman–Crippen LogP) is -0.925. The number of hydrogen-bond acceptors (Lipinski definition) is 10. The molecule has 12 nitrogen and oxygen atoms in total. The largest absolute Gasteiger partial charge is 0.481 e. The summed E-state index contributed by atoms with van der Waals surface area (Å²) in [5, 5.41) is 55.1. The van der Waals surface area contributed by atoms with Gasteiger partial charge in [-0.05, 0) is 59.4 Å². The molecular weight excluding hydrogens is 550 g/mol. The van der Waals surface area contributed by atoms with Gasteiger partial charge in [0.2, 0.25) is 0 Å².